The lowest BCUT2D eigenvalue weighted by atomic mass is 10.1. The molecule has 0 aliphatic carbocycles. The quantitative estimate of drug-likeness (QED) is 0.766. The van der Waals surface area contributed by atoms with Crippen molar-refractivity contribution in [3.05, 3.63) is 36.0 Å². The van der Waals surface area contributed by atoms with E-state index in [1.807, 2.05) is 6.20 Å². The van der Waals surface area contributed by atoms with Gasteiger partial charge >= 0.3 is 0 Å². The van der Waals surface area contributed by atoms with Gasteiger partial charge in [0.1, 0.15) is 0 Å². The van der Waals surface area contributed by atoms with E-state index < -0.39 is 0 Å². The van der Waals surface area contributed by atoms with E-state index in [1.54, 1.807) is 0 Å². The van der Waals surface area contributed by atoms with Gasteiger partial charge in [0.2, 0.25) is 0 Å². The van der Waals surface area contributed by atoms with Crippen LogP contribution in [0.4, 0.5) is 0 Å². The van der Waals surface area contributed by atoms with Crippen LogP contribution >= 0.6 is 0 Å². The fourth-order valence-electron chi connectivity index (χ4n) is 1.95. The summed E-state index contributed by atoms with van der Waals surface area (Å²) < 4.78 is 0. The zero-order chi connectivity index (χ0) is 13.0. The molecule has 0 unspecified atom stereocenters. The summed E-state index contributed by atoms with van der Waals surface area (Å²) in [6.07, 6.45) is 1.99. The molecule has 0 bridgehead atoms. The minimum absolute atomic E-state index is 0.613. The Kier molecular flexibility index (Phi) is 4.39. The minimum Gasteiger partial charge on any atom is -0.361 e. The van der Waals surface area contributed by atoms with Gasteiger partial charge in [0.15, 0.2) is 0 Å². The van der Waals surface area contributed by atoms with Crippen molar-refractivity contribution in [3.63, 3.8) is 0 Å². The summed E-state index contributed by atoms with van der Waals surface area (Å²) in [5.41, 5.74) is 2.55. The molecule has 2 rings (SSSR count). The highest BCUT2D eigenvalue weighted by molar-refractivity contribution is 5.79. The molecule has 0 spiro atoms. The smallest absolute Gasteiger partial charge is 0.0457 e. The van der Waals surface area contributed by atoms with Gasteiger partial charge in [0, 0.05) is 37.4 Å². The van der Waals surface area contributed by atoms with Gasteiger partial charge in [-0.05, 0) is 44.0 Å². The van der Waals surface area contributed by atoms with Crippen LogP contribution in [0.25, 0.3) is 10.9 Å². The van der Waals surface area contributed by atoms with Crippen molar-refractivity contribution in [2.75, 3.05) is 20.1 Å². The molecule has 18 heavy (non-hydrogen) atoms. The Morgan fingerprint density at radius 2 is 2.11 bits per heavy atom. The Morgan fingerprint density at radius 1 is 1.28 bits per heavy atom. The number of fused-ring (bicyclic) bond motifs is 1. The number of likely N-dealkylation sites (N-methyl/N-ethyl adjacent to an activating group) is 1. The van der Waals surface area contributed by atoms with E-state index in [-0.39, 0.29) is 0 Å². The van der Waals surface area contributed by atoms with Crippen molar-refractivity contribution >= 4 is 10.9 Å². The maximum atomic E-state index is 3.49. The number of hydrogen-bond donors (Lipinski definition) is 2. The van der Waals surface area contributed by atoms with Crippen molar-refractivity contribution in [3.8, 4) is 0 Å². The molecule has 0 atom stereocenters. The first-order valence-electron chi connectivity index (χ1n) is 6.64. The first-order chi connectivity index (χ1) is 8.66. The van der Waals surface area contributed by atoms with E-state index in [2.05, 4.69) is 60.4 Å². The summed E-state index contributed by atoms with van der Waals surface area (Å²) in [5, 5.41) is 4.76. The number of aromatic amines is 1. The summed E-state index contributed by atoms with van der Waals surface area (Å²) >= 11 is 0. The molecule has 1 aromatic heterocycles. The third-order valence-electron chi connectivity index (χ3n) is 3.47. The van der Waals surface area contributed by atoms with Crippen LogP contribution in [-0.2, 0) is 6.54 Å². The molecule has 0 saturated heterocycles. The molecule has 0 aliphatic heterocycles. The lowest BCUT2D eigenvalue weighted by Crippen LogP contribution is -2.33. The molecule has 0 amide bonds. The molecule has 0 aliphatic rings. The van der Waals surface area contributed by atoms with Gasteiger partial charge in [-0.15, -0.1) is 0 Å². The van der Waals surface area contributed by atoms with Gasteiger partial charge in [-0.3, -0.25) is 0 Å². The molecule has 1 heterocycles. The number of nitrogens with zero attached hydrogens (tertiary/aromatic N) is 1. The Balaban J connectivity index is 1.79. The van der Waals surface area contributed by atoms with Crippen LogP contribution in [0, 0.1) is 0 Å². The molecule has 0 fully saturated rings. The highest BCUT2D eigenvalue weighted by Crippen LogP contribution is 2.13. The van der Waals surface area contributed by atoms with Crippen molar-refractivity contribution < 1.29 is 0 Å². The lowest BCUT2D eigenvalue weighted by molar-refractivity contribution is 0.273. The monoisotopic (exact) mass is 245 g/mol. The van der Waals surface area contributed by atoms with Gasteiger partial charge in [0.05, 0.1) is 0 Å². The van der Waals surface area contributed by atoms with Crippen molar-refractivity contribution in [1.82, 2.24) is 15.2 Å². The highest BCUT2D eigenvalue weighted by atomic mass is 15.1. The molecule has 2 N–H and O–H groups in total. The van der Waals surface area contributed by atoms with Crippen molar-refractivity contribution in [2.45, 2.75) is 26.4 Å². The van der Waals surface area contributed by atoms with Crippen LogP contribution in [0.1, 0.15) is 19.4 Å². The topological polar surface area (TPSA) is 31.1 Å². The number of aromatic nitrogens is 1. The SMILES string of the molecule is CC(C)N(C)CCNCc1ccc2cc[nH]c2c1. The molecule has 3 nitrogen and oxygen atoms in total. The number of rotatable bonds is 6. The van der Waals surface area contributed by atoms with Gasteiger partial charge in [0.25, 0.3) is 0 Å². The van der Waals surface area contributed by atoms with Crippen molar-refractivity contribution in [1.29, 1.82) is 0 Å². The highest BCUT2D eigenvalue weighted by Gasteiger charge is 2.02. The largest absolute Gasteiger partial charge is 0.361 e. The minimum atomic E-state index is 0.613. The second-order valence-electron chi connectivity index (χ2n) is 5.15. The second kappa shape index (κ2) is 6.03. The van der Waals surface area contributed by atoms with E-state index in [0.717, 1.165) is 19.6 Å². The van der Waals surface area contributed by atoms with Crippen LogP contribution in [-0.4, -0.2) is 36.1 Å². The predicted octanol–water partition coefficient (Wildman–Crippen LogP) is 2.60. The maximum Gasteiger partial charge on any atom is 0.0457 e. The first kappa shape index (κ1) is 13.1. The summed E-state index contributed by atoms with van der Waals surface area (Å²) in [5.74, 6) is 0. The van der Waals surface area contributed by atoms with Crippen molar-refractivity contribution in [2.24, 2.45) is 0 Å². The maximum absolute atomic E-state index is 3.49. The Labute approximate surface area is 109 Å². The standard InChI is InChI=1S/C15H23N3/c1-12(2)18(3)9-8-16-11-13-4-5-14-6-7-17-15(14)10-13/h4-7,10,12,16-17H,8-9,11H2,1-3H3. The molecule has 98 valence electrons. The zero-order valence-electron chi connectivity index (χ0n) is 11.5. The van der Waals surface area contributed by atoms with E-state index in [9.17, 15) is 0 Å². The van der Waals surface area contributed by atoms with Crippen LogP contribution in [0.5, 0.6) is 0 Å². The van der Waals surface area contributed by atoms with Gasteiger partial charge in [-0.2, -0.15) is 0 Å². The van der Waals surface area contributed by atoms with Gasteiger partial charge in [-0.25, -0.2) is 0 Å². The summed E-state index contributed by atoms with van der Waals surface area (Å²) in [7, 11) is 2.16. The molecule has 3 heteroatoms. The third-order valence-corrected chi connectivity index (χ3v) is 3.47. The molecule has 1 aromatic carbocycles. The Bertz CT molecular complexity index is 487. The molecule has 0 radical (unpaired) electrons. The predicted molar refractivity (Wildman–Crippen MR) is 77.8 cm³/mol. The van der Waals surface area contributed by atoms with Crippen LogP contribution in [0.2, 0.25) is 0 Å². The average Bonchev–Trinajstić information content (AvgIpc) is 2.81. The number of hydrogen-bond acceptors (Lipinski definition) is 2. The lowest BCUT2D eigenvalue weighted by Gasteiger charge is -2.20. The molecular weight excluding hydrogens is 222 g/mol. The number of benzene rings is 1. The number of nitrogens with one attached hydrogen (secondary N) is 2. The average molecular weight is 245 g/mol. The van der Waals surface area contributed by atoms with Gasteiger partial charge in [-0.1, -0.05) is 12.1 Å². The fraction of sp³-hybridized carbons (Fsp3) is 0.467. The van der Waals surface area contributed by atoms with Crippen LogP contribution < -0.4 is 5.32 Å². The Morgan fingerprint density at radius 3 is 2.89 bits per heavy atom. The van der Waals surface area contributed by atoms with Gasteiger partial charge < -0.3 is 15.2 Å². The van der Waals surface area contributed by atoms with E-state index in [1.165, 1.54) is 16.5 Å². The Hall–Kier alpha value is -1.32. The third kappa shape index (κ3) is 3.34. The van der Waals surface area contributed by atoms with E-state index in [4.69, 9.17) is 0 Å². The first-order valence-corrected chi connectivity index (χ1v) is 6.64. The molecule has 0 saturated carbocycles. The second-order valence-corrected chi connectivity index (χ2v) is 5.15. The van der Waals surface area contributed by atoms with Crippen LogP contribution in [0.15, 0.2) is 30.5 Å². The summed E-state index contributed by atoms with van der Waals surface area (Å²) in [6.45, 7) is 7.49. The fourth-order valence-corrected chi connectivity index (χ4v) is 1.95. The normalized spacial score (nSPS) is 11.8. The molecule has 2 aromatic rings. The summed E-state index contributed by atoms with van der Waals surface area (Å²) in [6, 6.07) is 9.29. The van der Waals surface area contributed by atoms with E-state index >= 15 is 0 Å². The van der Waals surface area contributed by atoms with E-state index in [0.29, 0.717) is 6.04 Å². The number of H-pyrrole nitrogens is 1. The zero-order valence-corrected chi connectivity index (χ0v) is 11.5. The summed E-state index contributed by atoms with van der Waals surface area (Å²) in [4.78, 5) is 5.60. The molecular formula is C15H23N3. The van der Waals surface area contributed by atoms with Crippen LogP contribution in [0.3, 0.4) is 0 Å².